The van der Waals surface area contributed by atoms with Crippen molar-refractivity contribution in [2.45, 2.75) is 26.3 Å². The lowest BCUT2D eigenvalue weighted by Gasteiger charge is -2.31. The number of benzene rings is 1. The zero-order valence-corrected chi connectivity index (χ0v) is 13.9. The van der Waals surface area contributed by atoms with E-state index in [2.05, 4.69) is 24.1 Å². The molecule has 0 spiro atoms. The van der Waals surface area contributed by atoms with Crippen LogP contribution in [0.1, 0.15) is 26.3 Å². The maximum atomic E-state index is 9.73. The summed E-state index contributed by atoms with van der Waals surface area (Å²) in [5.41, 5.74) is 0.426. The van der Waals surface area contributed by atoms with Crippen LogP contribution in [0.4, 0.5) is 0 Å². The van der Waals surface area contributed by atoms with Gasteiger partial charge in [-0.1, -0.05) is 43.1 Å². The van der Waals surface area contributed by atoms with Crippen LogP contribution in [-0.2, 0) is 5.54 Å². The summed E-state index contributed by atoms with van der Waals surface area (Å²) in [6.07, 6.45) is 0. The highest BCUT2D eigenvalue weighted by molar-refractivity contribution is 6.42. The van der Waals surface area contributed by atoms with Gasteiger partial charge in [0.2, 0.25) is 0 Å². The Hall–Kier alpha value is -0.320. The highest BCUT2D eigenvalue weighted by Crippen LogP contribution is 2.28. The second-order valence-corrected chi connectivity index (χ2v) is 5.89. The number of nitrogens with one attached hydrogen (secondary N) is 1. The van der Waals surface area contributed by atoms with Crippen LogP contribution in [0.25, 0.3) is 0 Å². The van der Waals surface area contributed by atoms with Gasteiger partial charge in [0, 0.05) is 13.1 Å². The first-order valence-electron chi connectivity index (χ1n) is 7.00. The third kappa shape index (κ3) is 4.61. The largest absolute Gasteiger partial charge is 0.394 e. The molecule has 3 nitrogen and oxygen atoms in total. The summed E-state index contributed by atoms with van der Waals surface area (Å²) in [4.78, 5) is 2.33. The van der Waals surface area contributed by atoms with Crippen LogP contribution < -0.4 is 5.32 Å². The van der Waals surface area contributed by atoms with E-state index in [0.717, 1.165) is 31.7 Å². The molecule has 2 N–H and O–H groups in total. The van der Waals surface area contributed by atoms with Crippen molar-refractivity contribution in [2.24, 2.45) is 0 Å². The maximum Gasteiger partial charge on any atom is 0.0652 e. The minimum Gasteiger partial charge on any atom is -0.394 e. The fourth-order valence-corrected chi connectivity index (χ4v) is 2.42. The SMILES string of the molecule is CCN(CC)CCNC(C)(CO)c1ccc(Cl)c(Cl)c1. The lowest BCUT2D eigenvalue weighted by Crippen LogP contribution is -2.46. The molecule has 0 saturated heterocycles. The molecule has 0 aliphatic rings. The first-order valence-corrected chi connectivity index (χ1v) is 7.76. The standard InChI is InChI=1S/C15H24Cl2N2O/c1-4-19(5-2)9-8-18-15(3,11-20)12-6-7-13(16)14(17)10-12/h6-7,10,18,20H,4-5,8-9,11H2,1-3H3. The van der Waals surface area contributed by atoms with E-state index >= 15 is 0 Å². The minimum atomic E-state index is -0.513. The molecule has 0 saturated carbocycles. The highest BCUT2D eigenvalue weighted by atomic mass is 35.5. The lowest BCUT2D eigenvalue weighted by molar-refractivity contribution is 0.168. The summed E-state index contributed by atoms with van der Waals surface area (Å²) in [7, 11) is 0. The first-order chi connectivity index (χ1) is 9.46. The predicted molar refractivity (Wildman–Crippen MR) is 86.7 cm³/mol. The van der Waals surface area contributed by atoms with Crippen LogP contribution in [-0.4, -0.2) is 42.8 Å². The van der Waals surface area contributed by atoms with Gasteiger partial charge in [0.1, 0.15) is 0 Å². The number of aliphatic hydroxyl groups excluding tert-OH is 1. The average Bonchev–Trinajstić information content (AvgIpc) is 2.46. The van der Waals surface area contributed by atoms with Crippen molar-refractivity contribution in [2.75, 3.05) is 32.8 Å². The van der Waals surface area contributed by atoms with Crippen LogP contribution in [0, 0.1) is 0 Å². The van der Waals surface area contributed by atoms with E-state index in [1.54, 1.807) is 6.07 Å². The van der Waals surface area contributed by atoms with Gasteiger partial charge in [-0.2, -0.15) is 0 Å². The Labute approximate surface area is 131 Å². The van der Waals surface area contributed by atoms with Gasteiger partial charge in [-0.25, -0.2) is 0 Å². The van der Waals surface area contributed by atoms with Crippen LogP contribution >= 0.6 is 23.2 Å². The molecule has 0 aromatic heterocycles. The summed E-state index contributed by atoms with van der Waals surface area (Å²) >= 11 is 12.0. The molecule has 0 radical (unpaired) electrons. The van der Waals surface area contributed by atoms with Crippen molar-refractivity contribution in [1.29, 1.82) is 0 Å². The number of hydrogen-bond donors (Lipinski definition) is 2. The Balaban J connectivity index is 2.73. The number of rotatable bonds is 8. The third-order valence-electron chi connectivity index (χ3n) is 3.71. The molecule has 1 aromatic rings. The van der Waals surface area contributed by atoms with Crippen LogP contribution in [0.15, 0.2) is 18.2 Å². The Bertz CT molecular complexity index is 424. The molecule has 0 aliphatic heterocycles. The lowest BCUT2D eigenvalue weighted by atomic mass is 9.93. The van der Waals surface area contributed by atoms with E-state index in [0.29, 0.717) is 10.0 Å². The Morgan fingerprint density at radius 1 is 1.20 bits per heavy atom. The molecule has 0 heterocycles. The molecule has 1 atom stereocenters. The minimum absolute atomic E-state index is 0.00319. The summed E-state index contributed by atoms with van der Waals surface area (Å²) in [5, 5.41) is 14.2. The van der Waals surface area contributed by atoms with E-state index in [1.165, 1.54) is 0 Å². The average molecular weight is 319 g/mol. The smallest absolute Gasteiger partial charge is 0.0652 e. The van der Waals surface area contributed by atoms with Crippen molar-refractivity contribution < 1.29 is 5.11 Å². The number of hydrogen-bond acceptors (Lipinski definition) is 3. The molecule has 0 bridgehead atoms. The molecule has 0 aliphatic carbocycles. The second kappa shape index (κ2) is 8.20. The summed E-state index contributed by atoms with van der Waals surface area (Å²) in [5.74, 6) is 0. The van der Waals surface area contributed by atoms with E-state index in [-0.39, 0.29) is 6.61 Å². The maximum absolute atomic E-state index is 9.73. The monoisotopic (exact) mass is 318 g/mol. The van der Waals surface area contributed by atoms with E-state index in [4.69, 9.17) is 23.2 Å². The van der Waals surface area contributed by atoms with Gasteiger partial charge < -0.3 is 15.3 Å². The Kier molecular flexibility index (Phi) is 7.27. The number of nitrogens with zero attached hydrogens (tertiary/aromatic N) is 1. The highest BCUT2D eigenvalue weighted by Gasteiger charge is 2.25. The van der Waals surface area contributed by atoms with E-state index in [9.17, 15) is 5.11 Å². The summed E-state index contributed by atoms with van der Waals surface area (Å²) in [6, 6.07) is 5.47. The molecule has 0 amide bonds. The molecule has 20 heavy (non-hydrogen) atoms. The zero-order chi connectivity index (χ0) is 15.2. The van der Waals surface area contributed by atoms with Crippen molar-refractivity contribution >= 4 is 23.2 Å². The van der Waals surface area contributed by atoms with Gasteiger partial charge >= 0.3 is 0 Å². The number of halogens is 2. The van der Waals surface area contributed by atoms with Crippen molar-refractivity contribution in [1.82, 2.24) is 10.2 Å². The number of likely N-dealkylation sites (N-methyl/N-ethyl adjacent to an activating group) is 1. The van der Waals surface area contributed by atoms with Gasteiger partial charge in [0.15, 0.2) is 0 Å². The second-order valence-electron chi connectivity index (χ2n) is 5.07. The number of aliphatic hydroxyl groups is 1. The van der Waals surface area contributed by atoms with Crippen molar-refractivity contribution in [3.8, 4) is 0 Å². The third-order valence-corrected chi connectivity index (χ3v) is 4.45. The fraction of sp³-hybridized carbons (Fsp3) is 0.600. The molecule has 5 heteroatoms. The van der Waals surface area contributed by atoms with Gasteiger partial charge in [0.05, 0.1) is 22.2 Å². The fourth-order valence-electron chi connectivity index (χ4n) is 2.12. The van der Waals surface area contributed by atoms with Crippen LogP contribution in [0.3, 0.4) is 0 Å². The molecule has 1 rings (SSSR count). The zero-order valence-electron chi connectivity index (χ0n) is 12.4. The molecule has 1 aromatic carbocycles. The van der Waals surface area contributed by atoms with E-state index in [1.807, 2.05) is 19.1 Å². The summed E-state index contributed by atoms with van der Waals surface area (Å²) < 4.78 is 0. The van der Waals surface area contributed by atoms with Crippen molar-refractivity contribution in [3.63, 3.8) is 0 Å². The topological polar surface area (TPSA) is 35.5 Å². The van der Waals surface area contributed by atoms with E-state index < -0.39 is 5.54 Å². The van der Waals surface area contributed by atoms with Crippen LogP contribution in [0.2, 0.25) is 10.0 Å². The van der Waals surface area contributed by atoms with Crippen LogP contribution in [0.5, 0.6) is 0 Å². The quantitative estimate of drug-likeness (QED) is 0.773. The Morgan fingerprint density at radius 2 is 1.85 bits per heavy atom. The van der Waals surface area contributed by atoms with Crippen molar-refractivity contribution in [3.05, 3.63) is 33.8 Å². The predicted octanol–water partition coefficient (Wildman–Crippen LogP) is 3.13. The summed E-state index contributed by atoms with van der Waals surface area (Å²) in [6.45, 7) is 10.1. The molecule has 114 valence electrons. The van der Waals surface area contributed by atoms with Gasteiger partial charge in [-0.15, -0.1) is 0 Å². The molecular formula is C15H24Cl2N2O. The van der Waals surface area contributed by atoms with Gasteiger partial charge in [0.25, 0.3) is 0 Å². The van der Waals surface area contributed by atoms with Gasteiger partial charge in [-0.05, 0) is 37.7 Å². The molecule has 0 fully saturated rings. The normalized spacial score (nSPS) is 14.6. The Morgan fingerprint density at radius 3 is 2.35 bits per heavy atom. The molecule has 1 unspecified atom stereocenters. The van der Waals surface area contributed by atoms with Gasteiger partial charge in [-0.3, -0.25) is 0 Å². The first kappa shape index (κ1) is 17.7. The molecular weight excluding hydrogens is 295 g/mol.